The second-order valence-corrected chi connectivity index (χ2v) is 10.0. The van der Waals surface area contributed by atoms with Crippen molar-refractivity contribution >= 4 is 23.2 Å². The molecule has 2 aliphatic heterocycles. The second-order valence-electron chi connectivity index (χ2n) is 9.08. The van der Waals surface area contributed by atoms with Gasteiger partial charge in [-0.05, 0) is 60.7 Å². The van der Waals surface area contributed by atoms with Crippen LogP contribution in [-0.4, -0.2) is 47.8 Å². The summed E-state index contributed by atoms with van der Waals surface area (Å²) >= 11 is 1.46. The zero-order valence-corrected chi connectivity index (χ0v) is 19.2. The Kier molecular flexibility index (Phi) is 7.41. The average Bonchev–Trinajstić information content (AvgIpc) is 3.33. The quantitative estimate of drug-likeness (QED) is 0.736. The van der Waals surface area contributed by atoms with Crippen LogP contribution < -0.4 is 5.32 Å². The number of thiophene rings is 1. The predicted molar refractivity (Wildman–Crippen MR) is 125 cm³/mol. The Balaban J connectivity index is 1.25. The molecule has 2 aromatic rings. The van der Waals surface area contributed by atoms with Crippen LogP contribution in [0.25, 0.3) is 0 Å². The van der Waals surface area contributed by atoms with Crippen LogP contribution in [0.5, 0.6) is 0 Å². The van der Waals surface area contributed by atoms with Crippen LogP contribution in [-0.2, 0) is 17.9 Å². The van der Waals surface area contributed by atoms with E-state index in [9.17, 15) is 9.59 Å². The summed E-state index contributed by atoms with van der Waals surface area (Å²) in [5.74, 6) is 0.763. The molecule has 0 saturated carbocycles. The van der Waals surface area contributed by atoms with E-state index in [2.05, 4.69) is 41.4 Å². The van der Waals surface area contributed by atoms with E-state index in [1.807, 2.05) is 22.4 Å². The Hall–Kier alpha value is -2.18. The third kappa shape index (κ3) is 5.95. The van der Waals surface area contributed by atoms with Gasteiger partial charge in [-0.2, -0.15) is 0 Å². The molecule has 2 aliphatic rings. The van der Waals surface area contributed by atoms with Gasteiger partial charge in [-0.3, -0.25) is 14.5 Å². The van der Waals surface area contributed by atoms with E-state index in [1.165, 1.54) is 42.8 Å². The van der Waals surface area contributed by atoms with Gasteiger partial charge in [0.25, 0.3) is 5.91 Å². The van der Waals surface area contributed by atoms with Crippen molar-refractivity contribution in [2.75, 3.05) is 26.2 Å². The maximum absolute atomic E-state index is 12.7. The molecule has 4 rings (SSSR count). The number of hydrogen-bond donors (Lipinski definition) is 1. The van der Waals surface area contributed by atoms with E-state index in [0.29, 0.717) is 13.1 Å². The lowest BCUT2D eigenvalue weighted by Crippen LogP contribution is -2.45. The third-order valence-corrected chi connectivity index (χ3v) is 7.31. The Labute approximate surface area is 189 Å². The van der Waals surface area contributed by atoms with Crippen molar-refractivity contribution in [2.24, 2.45) is 11.8 Å². The molecule has 1 aromatic carbocycles. The minimum Gasteiger partial charge on any atom is -0.352 e. The summed E-state index contributed by atoms with van der Waals surface area (Å²) in [5.41, 5.74) is 2.45. The van der Waals surface area contributed by atoms with E-state index in [1.54, 1.807) is 0 Å². The molecule has 0 bridgehead atoms. The number of carbonyl (C=O) groups excluding carboxylic acids is 2. The fourth-order valence-electron chi connectivity index (χ4n) is 4.72. The van der Waals surface area contributed by atoms with Crippen LogP contribution in [0, 0.1) is 11.8 Å². The highest BCUT2D eigenvalue weighted by Gasteiger charge is 2.29. The number of hydrogen-bond acceptors (Lipinski definition) is 4. The molecule has 3 heterocycles. The van der Waals surface area contributed by atoms with E-state index in [4.69, 9.17) is 0 Å². The Bertz CT molecular complexity index is 865. The second kappa shape index (κ2) is 10.4. The van der Waals surface area contributed by atoms with Gasteiger partial charge in [-0.25, -0.2) is 0 Å². The first kappa shape index (κ1) is 22.0. The molecule has 31 heavy (non-hydrogen) atoms. The monoisotopic (exact) mass is 439 g/mol. The maximum atomic E-state index is 12.7. The molecule has 2 atom stereocenters. The maximum Gasteiger partial charge on any atom is 0.263 e. The summed E-state index contributed by atoms with van der Waals surface area (Å²) in [4.78, 5) is 30.5. The summed E-state index contributed by atoms with van der Waals surface area (Å²) in [6, 6.07) is 12.4. The third-order valence-electron chi connectivity index (χ3n) is 6.45. The highest BCUT2D eigenvalue weighted by Crippen LogP contribution is 2.21. The number of likely N-dealkylation sites (tertiary alicyclic amines) is 2. The zero-order chi connectivity index (χ0) is 21.6. The number of carbonyl (C=O) groups is 2. The zero-order valence-electron chi connectivity index (χ0n) is 18.4. The fraction of sp³-hybridized carbons (Fsp3) is 0.520. The van der Waals surface area contributed by atoms with Crippen molar-refractivity contribution in [2.45, 2.75) is 45.7 Å². The Morgan fingerprint density at radius 1 is 1.03 bits per heavy atom. The largest absolute Gasteiger partial charge is 0.352 e. The van der Waals surface area contributed by atoms with Crippen molar-refractivity contribution in [3.63, 3.8) is 0 Å². The number of nitrogens with one attached hydrogen (secondary N) is 1. The number of piperidine rings is 2. The molecular formula is C25H33N3O2S. The summed E-state index contributed by atoms with van der Waals surface area (Å²) in [6.07, 6.45) is 4.35. The van der Waals surface area contributed by atoms with Gasteiger partial charge in [-0.1, -0.05) is 37.3 Å². The molecule has 2 saturated heterocycles. The number of benzene rings is 1. The van der Waals surface area contributed by atoms with Crippen LogP contribution in [0.15, 0.2) is 41.8 Å². The molecule has 6 heteroatoms. The summed E-state index contributed by atoms with van der Waals surface area (Å²) < 4.78 is 0. The predicted octanol–water partition coefficient (Wildman–Crippen LogP) is 4.15. The average molecular weight is 440 g/mol. The summed E-state index contributed by atoms with van der Waals surface area (Å²) in [7, 11) is 0. The first-order chi connectivity index (χ1) is 15.1. The van der Waals surface area contributed by atoms with Gasteiger partial charge in [-0.15, -0.1) is 11.3 Å². The smallest absolute Gasteiger partial charge is 0.263 e. The lowest BCUT2D eigenvalue weighted by atomic mass is 9.96. The molecule has 5 nitrogen and oxygen atoms in total. The lowest BCUT2D eigenvalue weighted by Gasteiger charge is -2.31. The van der Waals surface area contributed by atoms with Gasteiger partial charge >= 0.3 is 0 Å². The van der Waals surface area contributed by atoms with Gasteiger partial charge in [0.15, 0.2) is 0 Å². The molecule has 0 spiro atoms. The molecule has 1 aromatic heterocycles. The van der Waals surface area contributed by atoms with Crippen molar-refractivity contribution in [3.8, 4) is 0 Å². The molecule has 1 N–H and O–H groups in total. The fourth-order valence-corrected chi connectivity index (χ4v) is 5.41. The van der Waals surface area contributed by atoms with Crippen LogP contribution in [0.3, 0.4) is 0 Å². The van der Waals surface area contributed by atoms with Crippen LogP contribution >= 0.6 is 11.3 Å². The molecule has 0 aliphatic carbocycles. The SMILES string of the molecule is CC1CCCN(Cc2ccc(CNC(=O)C3CCCN(C(=O)c4cccs4)C3)cc2)C1. The molecule has 2 fully saturated rings. The van der Waals surface area contributed by atoms with E-state index in [0.717, 1.165) is 42.3 Å². The van der Waals surface area contributed by atoms with Gasteiger partial charge in [0.05, 0.1) is 10.8 Å². The highest BCUT2D eigenvalue weighted by molar-refractivity contribution is 7.12. The number of rotatable bonds is 6. The van der Waals surface area contributed by atoms with Crippen molar-refractivity contribution in [1.29, 1.82) is 0 Å². The van der Waals surface area contributed by atoms with E-state index >= 15 is 0 Å². The minimum absolute atomic E-state index is 0.0474. The van der Waals surface area contributed by atoms with Gasteiger partial charge < -0.3 is 10.2 Å². The van der Waals surface area contributed by atoms with Gasteiger partial charge in [0.2, 0.25) is 5.91 Å². The van der Waals surface area contributed by atoms with Crippen molar-refractivity contribution in [3.05, 3.63) is 57.8 Å². The van der Waals surface area contributed by atoms with Gasteiger partial charge in [0, 0.05) is 32.7 Å². The number of amides is 2. The van der Waals surface area contributed by atoms with Crippen LogP contribution in [0.2, 0.25) is 0 Å². The van der Waals surface area contributed by atoms with Gasteiger partial charge in [0.1, 0.15) is 0 Å². The molecular weight excluding hydrogens is 406 g/mol. The van der Waals surface area contributed by atoms with Crippen LogP contribution in [0.4, 0.5) is 0 Å². The van der Waals surface area contributed by atoms with E-state index in [-0.39, 0.29) is 17.7 Å². The van der Waals surface area contributed by atoms with Crippen molar-refractivity contribution < 1.29 is 9.59 Å². The standard InChI is InChI=1S/C25H33N3O2S/c1-19-5-2-12-27(16-19)17-21-10-8-20(9-11-21)15-26-24(29)22-6-3-13-28(18-22)25(30)23-7-4-14-31-23/h4,7-11,14,19,22H,2-3,5-6,12-13,15-18H2,1H3,(H,26,29). The summed E-state index contributed by atoms with van der Waals surface area (Å²) in [6.45, 7) is 7.50. The molecule has 2 amide bonds. The number of nitrogens with zero attached hydrogens (tertiary/aromatic N) is 2. The minimum atomic E-state index is -0.127. The summed E-state index contributed by atoms with van der Waals surface area (Å²) in [5, 5.41) is 5.00. The highest BCUT2D eigenvalue weighted by atomic mass is 32.1. The first-order valence-corrected chi connectivity index (χ1v) is 12.4. The van der Waals surface area contributed by atoms with Crippen LogP contribution in [0.1, 0.15) is 53.4 Å². The molecule has 166 valence electrons. The lowest BCUT2D eigenvalue weighted by molar-refractivity contribution is -0.126. The normalized spacial score (nSPS) is 22.3. The Morgan fingerprint density at radius 2 is 1.81 bits per heavy atom. The Morgan fingerprint density at radius 3 is 2.55 bits per heavy atom. The molecule has 2 unspecified atom stereocenters. The van der Waals surface area contributed by atoms with Crippen molar-refractivity contribution in [1.82, 2.24) is 15.1 Å². The first-order valence-electron chi connectivity index (χ1n) is 11.5. The molecule has 0 radical (unpaired) electrons. The topological polar surface area (TPSA) is 52.7 Å². The van der Waals surface area contributed by atoms with E-state index < -0.39 is 0 Å².